The standard InChI is InChI=1S/C13H21F3N2OS/c1-5-17-6-9-11(12(2,3)4)18-10(20-9)7-19-8-13(14,15)16/h17H,5-8H2,1-4H3. The van der Waals surface area contributed by atoms with Crippen LogP contribution in [0.4, 0.5) is 13.2 Å². The van der Waals surface area contributed by atoms with E-state index < -0.39 is 12.8 Å². The van der Waals surface area contributed by atoms with E-state index in [2.05, 4.69) is 15.0 Å². The average molecular weight is 310 g/mol. The first-order valence-corrected chi connectivity index (χ1v) is 7.29. The molecule has 1 rings (SSSR count). The van der Waals surface area contributed by atoms with Gasteiger partial charge in [0.1, 0.15) is 11.6 Å². The van der Waals surface area contributed by atoms with Crippen LogP contribution in [0.5, 0.6) is 0 Å². The lowest BCUT2D eigenvalue weighted by atomic mass is 9.91. The van der Waals surface area contributed by atoms with E-state index in [9.17, 15) is 13.2 Å². The van der Waals surface area contributed by atoms with Crippen molar-refractivity contribution in [1.82, 2.24) is 10.3 Å². The van der Waals surface area contributed by atoms with Crippen LogP contribution in [0.15, 0.2) is 0 Å². The topological polar surface area (TPSA) is 34.1 Å². The zero-order valence-electron chi connectivity index (χ0n) is 12.2. The third-order valence-electron chi connectivity index (χ3n) is 2.48. The molecule has 0 aromatic carbocycles. The molecule has 1 N–H and O–H groups in total. The molecule has 0 spiro atoms. The normalized spacial score (nSPS) is 12.9. The maximum atomic E-state index is 12.0. The maximum absolute atomic E-state index is 12.0. The molecule has 0 aliphatic heterocycles. The molecule has 0 aliphatic carbocycles. The van der Waals surface area contributed by atoms with E-state index in [1.165, 1.54) is 11.3 Å². The number of nitrogens with one attached hydrogen (secondary N) is 1. The summed E-state index contributed by atoms with van der Waals surface area (Å²) in [4.78, 5) is 5.50. The van der Waals surface area contributed by atoms with E-state index in [1.807, 2.05) is 27.7 Å². The van der Waals surface area contributed by atoms with Gasteiger partial charge >= 0.3 is 6.18 Å². The van der Waals surface area contributed by atoms with E-state index in [0.717, 1.165) is 17.1 Å². The van der Waals surface area contributed by atoms with Crippen molar-refractivity contribution in [3.05, 3.63) is 15.6 Å². The molecule has 1 aromatic heterocycles. The zero-order valence-corrected chi connectivity index (χ0v) is 13.0. The van der Waals surface area contributed by atoms with Gasteiger partial charge in [0.15, 0.2) is 0 Å². The van der Waals surface area contributed by atoms with Crippen molar-refractivity contribution < 1.29 is 17.9 Å². The number of hydrogen-bond donors (Lipinski definition) is 1. The quantitative estimate of drug-likeness (QED) is 0.871. The molecule has 1 aromatic rings. The van der Waals surface area contributed by atoms with E-state index in [0.29, 0.717) is 11.6 Å². The monoisotopic (exact) mass is 310 g/mol. The first kappa shape index (κ1) is 17.4. The minimum absolute atomic E-state index is 0.0978. The minimum Gasteiger partial charge on any atom is -0.365 e. The summed E-state index contributed by atoms with van der Waals surface area (Å²) >= 11 is 1.41. The van der Waals surface area contributed by atoms with Gasteiger partial charge in [-0.1, -0.05) is 27.7 Å². The molecule has 0 atom stereocenters. The molecular formula is C13H21F3N2OS. The highest BCUT2D eigenvalue weighted by atomic mass is 32.1. The molecule has 0 saturated carbocycles. The molecule has 1 heterocycles. The summed E-state index contributed by atoms with van der Waals surface area (Å²) in [6, 6.07) is 0. The van der Waals surface area contributed by atoms with E-state index in [-0.39, 0.29) is 12.0 Å². The van der Waals surface area contributed by atoms with Gasteiger partial charge in [-0.05, 0) is 6.54 Å². The van der Waals surface area contributed by atoms with Crippen LogP contribution in [0.2, 0.25) is 0 Å². The molecular weight excluding hydrogens is 289 g/mol. The Bertz CT molecular complexity index is 424. The fourth-order valence-corrected chi connectivity index (χ4v) is 2.85. The van der Waals surface area contributed by atoms with Crippen molar-refractivity contribution in [2.24, 2.45) is 0 Å². The Morgan fingerprint density at radius 3 is 2.40 bits per heavy atom. The molecule has 0 saturated heterocycles. The number of nitrogens with zero attached hydrogens (tertiary/aromatic N) is 1. The van der Waals surface area contributed by atoms with Gasteiger partial charge in [0.2, 0.25) is 0 Å². The second-order valence-electron chi connectivity index (χ2n) is 5.52. The summed E-state index contributed by atoms with van der Waals surface area (Å²) in [6.07, 6.45) is -4.29. The van der Waals surface area contributed by atoms with Gasteiger partial charge in [-0.3, -0.25) is 0 Å². The average Bonchev–Trinajstić information content (AvgIpc) is 2.67. The van der Waals surface area contributed by atoms with Crippen molar-refractivity contribution in [2.45, 2.75) is 52.4 Å². The fraction of sp³-hybridized carbons (Fsp3) is 0.769. The maximum Gasteiger partial charge on any atom is 0.411 e. The second kappa shape index (κ2) is 6.87. The highest BCUT2D eigenvalue weighted by Gasteiger charge is 2.28. The minimum atomic E-state index is -4.29. The molecule has 0 bridgehead atoms. The van der Waals surface area contributed by atoms with Gasteiger partial charge in [0.25, 0.3) is 0 Å². The number of thiazole rings is 1. The number of rotatable bonds is 6. The SMILES string of the molecule is CCNCc1sc(COCC(F)(F)F)nc1C(C)(C)C. The Morgan fingerprint density at radius 1 is 1.25 bits per heavy atom. The predicted octanol–water partition coefficient (Wildman–Crippen LogP) is 3.63. The third-order valence-corrected chi connectivity index (χ3v) is 3.51. The molecule has 0 unspecified atom stereocenters. The van der Waals surface area contributed by atoms with Crippen molar-refractivity contribution in [3.63, 3.8) is 0 Å². The Morgan fingerprint density at radius 2 is 1.90 bits per heavy atom. The number of alkyl halides is 3. The van der Waals surface area contributed by atoms with Crippen molar-refractivity contribution in [3.8, 4) is 0 Å². The van der Waals surface area contributed by atoms with Crippen molar-refractivity contribution in [2.75, 3.05) is 13.2 Å². The van der Waals surface area contributed by atoms with Crippen LogP contribution in [0.25, 0.3) is 0 Å². The lowest BCUT2D eigenvalue weighted by Crippen LogP contribution is -2.18. The second-order valence-corrected chi connectivity index (χ2v) is 6.69. The van der Waals surface area contributed by atoms with Crippen molar-refractivity contribution >= 4 is 11.3 Å². The largest absolute Gasteiger partial charge is 0.411 e. The first-order valence-electron chi connectivity index (χ1n) is 6.47. The number of halogens is 3. The number of hydrogen-bond acceptors (Lipinski definition) is 4. The summed E-state index contributed by atoms with van der Waals surface area (Å²) in [7, 11) is 0. The van der Waals surface area contributed by atoms with Gasteiger partial charge < -0.3 is 10.1 Å². The third kappa shape index (κ3) is 5.76. The lowest BCUT2D eigenvalue weighted by molar-refractivity contribution is -0.176. The van der Waals surface area contributed by atoms with Crippen LogP contribution in [-0.4, -0.2) is 24.3 Å². The molecule has 116 valence electrons. The number of ether oxygens (including phenoxy) is 1. The van der Waals surface area contributed by atoms with Gasteiger partial charge in [0, 0.05) is 16.8 Å². The van der Waals surface area contributed by atoms with Crippen LogP contribution in [0.3, 0.4) is 0 Å². The predicted molar refractivity (Wildman–Crippen MR) is 73.9 cm³/mol. The van der Waals surface area contributed by atoms with E-state index in [4.69, 9.17) is 0 Å². The molecule has 0 aliphatic rings. The Kier molecular flexibility index (Phi) is 5.97. The van der Waals surface area contributed by atoms with Crippen LogP contribution in [0.1, 0.15) is 43.3 Å². The Balaban J connectivity index is 2.75. The Hall–Kier alpha value is -0.660. The lowest BCUT2D eigenvalue weighted by Gasteiger charge is -2.17. The van der Waals surface area contributed by atoms with Gasteiger partial charge in [-0.2, -0.15) is 13.2 Å². The van der Waals surface area contributed by atoms with Crippen LogP contribution in [-0.2, 0) is 23.3 Å². The van der Waals surface area contributed by atoms with Crippen LogP contribution in [0, 0.1) is 0 Å². The van der Waals surface area contributed by atoms with E-state index >= 15 is 0 Å². The van der Waals surface area contributed by atoms with E-state index in [1.54, 1.807) is 0 Å². The highest BCUT2D eigenvalue weighted by molar-refractivity contribution is 7.11. The summed E-state index contributed by atoms with van der Waals surface area (Å²) in [5.74, 6) is 0. The first-order chi connectivity index (χ1) is 9.13. The molecule has 20 heavy (non-hydrogen) atoms. The van der Waals surface area contributed by atoms with Crippen LogP contribution >= 0.6 is 11.3 Å². The van der Waals surface area contributed by atoms with Crippen molar-refractivity contribution in [1.29, 1.82) is 0 Å². The molecule has 3 nitrogen and oxygen atoms in total. The molecule has 7 heteroatoms. The summed E-state index contributed by atoms with van der Waals surface area (Å²) < 4.78 is 40.8. The van der Waals surface area contributed by atoms with Crippen LogP contribution < -0.4 is 5.32 Å². The smallest absolute Gasteiger partial charge is 0.365 e. The zero-order chi connectivity index (χ0) is 15.4. The molecule has 0 amide bonds. The highest BCUT2D eigenvalue weighted by Crippen LogP contribution is 2.30. The Labute approximate surface area is 121 Å². The molecule has 0 fully saturated rings. The van der Waals surface area contributed by atoms with Gasteiger partial charge in [-0.15, -0.1) is 11.3 Å². The summed E-state index contributed by atoms with van der Waals surface area (Å²) in [5, 5.41) is 3.81. The van der Waals surface area contributed by atoms with Gasteiger partial charge in [0.05, 0.1) is 12.3 Å². The number of aromatic nitrogens is 1. The fourth-order valence-electron chi connectivity index (χ4n) is 1.66. The molecule has 0 radical (unpaired) electrons. The summed E-state index contributed by atoms with van der Waals surface area (Å²) in [6.45, 7) is 8.31. The summed E-state index contributed by atoms with van der Waals surface area (Å²) in [5.41, 5.74) is 0.790. The van der Waals surface area contributed by atoms with Gasteiger partial charge in [-0.25, -0.2) is 4.98 Å².